The smallest absolute Gasteiger partial charge is 0.322 e. The number of aromatic amines is 1. The van der Waals surface area contributed by atoms with E-state index >= 15 is 9.59 Å². The Morgan fingerprint density at radius 2 is 1.82 bits per heavy atom. The molecule has 3 aromatic rings. The number of amides is 1. The molecule has 6 aliphatic rings. The van der Waals surface area contributed by atoms with Crippen LogP contribution in [0.4, 0.5) is 5.69 Å². The van der Waals surface area contributed by atoms with Gasteiger partial charge < -0.3 is 39.7 Å². The van der Waals surface area contributed by atoms with Crippen molar-refractivity contribution in [3.8, 4) is 5.75 Å². The molecule has 1 aromatic heterocycles. The summed E-state index contributed by atoms with van der Waals surface area (Å²) in [5.41, 5.74) is 0.699. The number of hydrogen-bond donors (Lipinski definition) is 5. The van der Waals surface area contributed by atoms with Crippen LogP contribution in [-0.2, 0) is 31.6 Å². The summed E-state index contributed by atoms with van der Waals surface area (Å²) < 4.78 is 12.5. The number of piperidine rings is 1. The van der Waals surface area contributed by atoms with Gasteiger partial charge in [-0.3, -0.25) is 19.4 Å². The second-order valence-corrected chi connectivity index (χ2v) is 24.9. The van der Waals surface area contributed by atoms with Crippen LogP contribution >= 0.6 is 0 Å². The van der Waals surface area contributed by atoms with Crippen molar-refractivity contribution in [2.45, 2.75) is 119 Å². The van der Waals surface area contributed by atoms with Gasteiger partial charge >= 0.3 is 5.97 Å². The number of fused-ring (bicyclic) bond motifs is 6. The van der Waals surface area contributed by atoms with Gasteiger partial charge in [0.1, 0.15) is 11.2 Å². The molecule has 2 saturated heterocycles. The molecular formula is C49H69N5O7Si. The molecule has 62 heavy (non-hydrogen) atoms. The maximum Gasteiger partial charge on any atom is 0.322 e. The first-order valence-corrected chi connectivity index (χ1v) is 26.3. The number of para-hydroxylation sites is 1. The monoisotopic (exact) mass is 867 g/mol. The number of carbonyl (C=O) groups is 2. The number of aromatic nitrogens is 1. The van der Waals surface area contributed by atoms with Crippen molar-refractivity contribution in [2.75, 3.05) is 65.4 Å². The van der Waals surface area contributed by atoms with Crippen LogP contribution in [0.5, 0.6) is 5.75 Å². The lowest BCUT2D eigenvalue weighted by Crippen LogP contribution is -2.77. The number of rotatable bonds is 10. The van der Waals surface area contributed by atoms with Gasteiger partial charge in [0.2, 0.25) is 5.91 Å². The third-order valence-electron chi connectivity index (χ3n) is 16.9. The second-order valence-electron chi connectivity index (χ2n) is 20.8. The van der Waals surface area contributed by atoms with Crippen LogP contribution in [-0.4, -0.2) is 134 Å². The first kappa shape index (κ1) is 43.5. The van der Waals surface area contributed by atoms with E-state index in [4.69, 9.17) is 9.47 Å². The highest BCUT2D eigenvalue weighted by molar-refractivity contribution is 6.69. The summed E-state index contributed by atoms with van der Waals surface area (Å²) in [6.07, 6.45) is 7.70. The molecule has 1 aliphatic carbocycles. The topological polar surface area (TPSA) is 151 Å². The average Bonchev–Trinajstić information content (AvgIpc) is 3.91. The third kappa shape index (κ3) is 6.07. The summed E-state index contributed by atoms with van der Waals surface area (Å²) in [6, 6.07) is 12.7. The molecule has 3 fully saturated rings. The van der Waals surface area contributed by atoms with Gasteiger partial charge in [-0.1, -0.05) is 44.2 Å². The fraction of sp³-hybridized carbons (Fsp3) is 0.633. The minimum absolute atomic E-state index is 0.0502. The maximum absolute atomic E-state index is 15.4. The number of ether oxygens (including phenoxy) is 2. The quantitative estimate of drug-likeness (QED) is 0.0795. The molecule has 2 bridgehead atoms. The average molecular weight is 868 g/mol. The van der Waals surface area contributed by atoms with Crippen LogP contribution < -0.4 is 15.0 Å². The molecule has 0 radical (unpaired) electrons. The van der Waals surface area contributed by atoms with Crippen LogP contribution in [0.3, 0.4) is 0 Å². The van der Waals surface area contributed by atoms with E-state index in [1.807, 2.05) is 39.1 Å². The number of likely N-dealkylation sites (N-methyl/N-ethyl adjacent to an activating group) is 1. The highest BCUT2D eigenvalue weighted by Gasteiger charge is 2.77. The highest BCUT2D eigenvalue weighted by atomic mass is 28.4. The van der Waals surface area contributed by atoms with Crippen LogP contribution in [0.25, 0.3) is 10.9 Å². The summed E-state index contributed by atoms with van der Waals surface area (Å²) in [5, 5.41) is 29.4. The number of nitrogens with zero attached hydrogens (tertiary/aromatic N) is 3. The van der Waals surface area contributed by atoms with Crippen LogP contribution in [0.1, 0.15) is 81.7 Å². The van der Waals surface area contributed by atoms with E-state index in [-0.39, 0.29) is 23.8 Å². The Morgan fingerprint density at radius 3 is 2.53 bits per heavy atom. The van der Waals surface area contributed by atoms with E-state index in [0.717, 1.165) is 71.6 Å². The fourth-order valence-electron chi connectivity index (χ4n) is 14.3. The summed E-state index contributed by atoms with van der Waals surface area (Å²) >= 11 is 0. The molecular weight excluding hydrogens is 799 g/mol. The number of nitrogens with one attached hydrogen (secondary N) is 2. The molecule has 336 valence electrons. The minimum Gasteiger partial charge on any atom is -0.496 e. The summed E-state index contributed by atoms with van der Waals surface area (Å²) in [7, 11) is 2.89. The van der Waals surface area contributed by atoms with Crippen molar-refractivity contribution < 1.29 is 34.1 Å². The van der Waals surface area contributed by atoms with Crippen molar-refractivity contribution in [1.29, 1.82) is 0 Å². The van der Waals surface area contributed by atoms with E-state index < -0.39 is 47.7 Å². The van der Waals surface area contributed by atoms with Gasteiger partial charge in [-0.15, -0.1) is 0 Å². The lowest BCUT2D eigenvalue weighted by atomic mass is 9.44. The largest absolute Gasteiger partial charge is 0.496 e. The number of H-pyrrole nitrogens is 1. The van der Waals surface area contributed by atoms with E-state index in [0.29, 0.717) is 63.4 Å². The molecule has 2 unspecified atom stereocenters. The second kappa shape index (κ2) is 15.2. The van der Waals surface area contributed by atoms with Crippen molar-refractivity contribution in [3.05, 3.63) is 70.9 Å². The standard InChI is InChI=1S/C49H69N5O7Si/c1-9-46(58)27-31-28-49(44(57)61-6,39-33(17-22-53(29-31)30-46)32-15-11-12-16-36(32)51-39)35-25-34-37(26-38(35)60-5)52(4)40-45(3,43(56)50-20-14-24-62(7,8)59)42(55)47(10-2)18-13-21-54-23-19-48(34,40)41(47)54/h11-13,15-16,18,25-26,31,40-42,51,55,58-59H,9-10,14,17,19-24,27-30H2,1-8H3,(H,50,56)/t31-,40+,41+,42+,45-,46+,47-,48?,49+/m1/s1. The highest BCUT2D eigenvalue weighted by Crippen LogP contribution is 2.69. The predicted molar refractivity (Wildman–Crippen MR) is 244 cm³/mol. The molecule has 10 atom stereocenters. The molecule has 13 heteroatoms. The Morgan fingerprint density at radius 1 is 1.05 bits per heavy atom. The molecule has 1 spiro atoms. The molecule has 9 rings (SSSR count). The normalized spacial score (nSPS) is 36.2. The molecule has 12 nitrogen and oxygen atoms in total. The number of aliphatic hydroxyl groups excluding tert-OH is 1. The first-order valence-electron chi connectivity index (χ1n) is 23.2. The number of anilines is 1. The Hall–Kier alpha value is -3.72. The lowest BCUT2D eigenvalue weighted by molar-refractivity contribution is -0.171. The zero-order chi connectivity index (χ0) is 44.2. The van der Waals surface area contributed by atoms with Crippen LogP contribution in [0, 0.1) is 16.7 Å². The van der Waals surface area contributed by atoms with Gasteiger partial charge in [-0.25, -0.2) is 0 Å². The van der Waals surface area contributed by atoms with E-state index in [2.05, 4.69) is 75.4 Å². The van der Waals surface area contributed by atoms with Crippen molar-refractivity contribution in [1.82, 2.24) is 20.1 Å². The van der Waals surface area contributed by atoms with Crippen molar-refractivity contribution in [2.24, 2.45) is 16.7 Å². The van der Waals surface area contributed by atoms with Gasteiger partial charge in [-0.2, -0.15) is 0 Å². The maximum atomic E-state index is 15.4. The Labute approximate surface area is 368 Å². The van der Waals surface area contributed by atoms with Gasteiger partial charge in [0, 0.05) is 90.6 Å². The van der Waals surface area contributed by atoms with Gasteiger partial charge in [0.25, 0.3) is 0 Å². The van der Waals surface area contributed by atoms with E-state index in [1.54, 1.807) is 7.11 Å². The minimum atomic E-state index is -2.32. The zero-order valence-electron chi connectivity index (χ0n) is 38.1. The third-order valence-corrected chi connectivity index (χ3v) is 18.5. The van der Waals surface area contributed by atoms with E-state index in [1.165, 1.54) is 7.11 Å². The number of carbonyl (C=O) groups excluding carboxylic acids is 2. The Kier molecular flexibility index (Phi) is 10.7. The summed E-state index contributed by atoms with van der Waals surface area (Å²) in [6.45, 7) is 14.0. The Balaban J connectivity index is 1.29. The summed E-state index contributed by atoms with van der Waals surface area (Å²) in [5.74, 6) is -0.0543. The summed E-state index contributed by atoms with van der Waals surface area (Å²) in [4.78, 5) is 52.1. The van der Waals surface area contributed by atoms with Crippen molar-refractivity contribution in [3.63, 3.8) is 0 Å². The molecule has 1 saturated carbocycles. The van der Waals surface area contributed by atoms with Gasteiger partial charge in [0.15, 0.2) is 8.32 Å². The number of methoxy groups -OCH3 is 2. The SMILES string of the molecule is CC[C@]1(O)C[C@H]2CN(CCc3c([nH]c4ccccc34)[C@@](C(=O)OC)(c3cc4c(cc3OC)N(C)[C@@H]3C45CCN4CC=C[C@](CC)([C@H]45)[C@@H](O)[C@]3(C)C(=O)NCCC[Si](C)(C)O)C2)C1. The number of aliphatic hydroxyl groups is 2. The van der Waals surface area contributed by atoms with Crippen LogP contribution in [0.15, 0.2) is 48.6 Å². The van der Waals surface area contributed by atoms with Crippen molar-refractivity contribution >= 4 is 36.8 Å². The molecule has 2 aromatic carbocycles. The van der Waals surface area contributed by atoms with Gasteiger partial charge in [0.05, 0.1) is 37.4 Å². The molecule has 6 heterocycles. The number of hydrogen-bond acceptors (Lipinski definition) is 10. The first-order chi connectivity index (χ1) is 29.5. The molecule has 5 aliphatic heterocycles. The molecule has 5 N–H and O–H groups in total. The predicted octanol–water partition coefficient (Wildman–Crippen LogP) is 5.23. The molecule has 1 amide bonds. The van der Waals surface area contributed by atoms with Crippen LogP contribution in [0.2, 0.25) is 19.1 Å². The number of benzene rings is 2. The zero-order valence-corrected chi connectivity index (χ0v) is 39.1. The number of esters is 1. The lowest BCUT2D eigenvalue weighted by Gasteiger charge is -2.64. The fourth-order valence-corrected chi connectivity index (χ4v) is 15.4. The van der Waals surface area contributed by atoms with Gasteiger partial charge in [-0.05, 0) is 107 Å². The Bertz CT molecular complexity index is 2290. The van der Waals surface area contributed by atoms with E-state index in [9.17, 15) is 15.0 Å².